The van der Waals surface area contributed by atoms with Gasteiger partial charge in [0.15, 0.2) is 0 Å². The zero-order chi connectivity index (χ0) is 17.6. The van der Waals surface area contributed by atoms with Crippen molar-refractivity contribution in [1.29, 1.82) is 0 Å². The summed E-state index contributed by atoms with van der Waals surface area (Å²) in [4.78, 5) is 5.29. The first kappa shape index (κ1) is 17.0. The molecule has 126 valence electrons. The van der Waals surface area contributed by atoms with Crippen molar-refractivity contribution in [2.45, 2.75) is 6.92 Å². The van der Waals surface area contributed by atoms with Gasteiger partial charge in [0.2, 0.25) is 4.80 Å². The van der Waals surface area contributed by atoms with Crippen molar-refractivity contribution in [2.24, 2.45) is 10.1 Å². The number of hydrogen-bond donors (Lipinski definition) is 0. The van der Waals surface area contributed by atoms with E-state index in [1.54, 1.807) is 24.4 Å². The van der Waals surface area contributed by atoms with Crippen LogP contribution in [0.5, 0.6) is 0 Å². The lowest BCUT2D eigenvalue weighted by molar-refractivity contribution is 0.628. The van der Waals surface area contributed by atoms with Gasteiger partial charge in [0, 0.05) is 10.9 Å². The zero-order valence-electron chi connectivity index (χ0n) is 13.9. The Balaban J connectivity index is 2.05. The standard InChI is InChI=1S/C20H18FN3S/c1-3-12-22-20-24(23-13-16-6-10-18(21)11-7-16)19(14-25-20)17-8-4-15(2)5-9-17/h3-11,13-14H,1,12H2,2H3/b22-20?,23-13+. The molecular formula is C20H18FN3S. The highest BCUT2D eigenvalue weighted by molar-refractivity contribution is 7.07. The minimum atomic E-state index is -0.262. The van der Waals surface area contributed by atoms with E-state index >= 15 is 0 Å². The number of aryl methyl sites for hydroxylation is 1. The van der Waals surface area contributed by atoms with Crippen molar-refractivity contribution >= 4 is 17.6 Å². The Morgan fingerprint density at radius 1 is 1.12 bits per heavy atom. The fourth-order valence-corrected chi connectivity index (χ4v) is 3.11. The molecule has 1 aromatic heterocycles. The molecule has 2 aromatic carbocycles. The molecule has 0 fully saturated rings. The molecule has 0 saturated carbocycles. The van der Waals surface area contributed by atoms with Gasteiger partial charge in [-0.15, -0.1) is 17.9 Å². The van der Waals surface area contributed by atoms with Gasteiger partial charge in [-0.1, -0.05) is 48.0 Å². The van der Waals surface area contributed by atoms with Crippen LogP contribution >= 0.6 is 11.3 Å². The summed E-state index contributed by atoms with van der Waals surface area (Å²) in [7, 11) is 0. The number of hydrogen-bond acceptors (Lipinski definition) is 3. The quantitative estimate of drug-likeness (QED) is 0.474. The predicted octanol–water partition coefficient (Wildman–Crippen LogP) is 4.63. The third-order valence-electron chi connectivity index (χ3n) is 3.58. The Bertz CT molecular complexity index is 948. The monoisotopic (exact) mass is 351 g/mol. The second kappa shape index (κ2) is 7.85. The molecule has 25 heavy (non-hydrogen) atoms. The molecule has 0 aliphatic rings. The first-order chi connectivity index (χ1) is 12.2. The fourth-order valence-electron chi connectivity index (χ4n) is 2.26. The first-order valence-corrected chi connectivity index (χ1v) is 8.74. The first-order valence-electron chi connectivity index (χ1n) is 7.86. The Morgan fingerprint density at radius 3 is 2.52 bits per heavy atom. The molecule has 0 N–H and O–H groups in total. The zero-order valence-corrected chi connectivity index (χ0v) is 14.7. The SMILES string of the molecule is C=CCN=c1scc(-c2ccc(C)cc2)n1/N=C/c1ccc(F)cc1. The topological polar surface area (TPSA) is 29.6 Å². The molecule has 3 rings (SSSR count). The van der Waals surface area contributed by atoms with Crippen LogP contribution in [0.4, 0.5) is 4.39 Å². The van der Waals surface area contributed by atoms with Crippen LogP contribution in [-0.2, 0) is 0 Å². The van der Waals surface area contributed by atoms with E-state index in [1.165, 1.54) is 29.0 Å². The van der Waals surface area contributed by atoms with E-state index in [9.17, 15) is 4.39 Å². The van der Waals surface area contributed by atoms with Crippen molar-refractivity contribution < 1.29 is 4.39 Å². The molecule has 3 aromatic rings. The molecule has 0 bridgehead atoms. The Morgan fingerprint density at radius 2 is 1.84 bits per heavy atom. The number of halogens is 1. The van der Waals surface area contributed by atoms with Crippen molar-refractivity contribution in [3.05, 3.63) is 88.3 Å². The maximum Gasteiger partial charge on any atom is 0.206 e. The number of aromatic nitrogens is 1. The van der Waals surface area contributed by atoms with Gasteiger partial charge in [-0.3, -0.25) is 4.99 Å². The molecule has 0 saturated heterocycles. The minimum Gasteiger partial charge on any atom is -0.253 e. The van der Waals surface area contributed by atoms with Crippen LogP contribution in [0.15, 0.2) is 76.7 Å². The molecule has 0 atom stereocenters. The molecule has 0 amide bonds. The second-order valence-corrected chi connectivity index (χ2v) is 6.34. The summed E-state index contributed by atoms with van der Waals surface area (Å²) in [6.45, 7) is 6.30. The molecule has 0 aliphatic carbocycles. The highest BCUT2D eigenvalue weighted by Gasteiger charge is 2.07. The average molecular weight is 351 g/mol. The Kier molecular flexibility index (Phi) is 5.36. The number of thiazole rings is 1. The van der Waals surface area contributed by atoms with E-state index < -0.39 is 0 Å². The summed E-state index contributed by atoms with van der Waals surface area (Å²) >= 11 is 1.53. The van der Waals surface area contributed by atoms with E-state index in [4.69, 9.17) is 0 Å². The van der Waals surface area contributed by atoms with E-state index in [0.29, 0.717) is 6.54 Å². The molecule has 0 spiro atoms. The van der Waals surface area contributed by atoms with Gasteiger partial charge in [-0.25, -0.2) is 9.07 Å². The lowest BCUT2D eigenvalue weighted by atomic mass is 10.1. The van der Waals surface area contributed by atoms with Gasteiger partial charge in [0.1, 0.15) is 5.82 Å². The van der Waals surface area contributed by atoms with Crippen LogP contribution in [0.2, 0.25) is 0 Å². The molecular weight excluding hydrogens is 333 g/mol. The van der Waals surface area contributed by atoms with Crippen LogP contribution in [0, 0.1) is 12.7 Å². The second-order valence-electron chi connectivity index (χ2n) is 5.51. The normalized spacial score (nSPS) is 12.0. The van der Waals surface area contributed by atoms with Gasteiger partial charge in [-0.05, 0) is 24.6 Å². The van der Waals surface area contributed by atoms with Gasteiger partial charge >= 0.3 is 0 Å². The van der Waals surface area contributed by atoms with E-state index in [0.717, 1.165) is 21.6 Å². The van der Waals surface area contributed by atoms with Crippen LogP contribution in [-0.4, -0.2) is 17.4 Å². The Labute approximate surface area is 150 Å². The maximum atomic E-state index is 13.0. The fraction of sp³-hybridized carbons (Fsp3) is 0.100. The predicted molar refractivity (Wildman–Crippen MR) is 103 cm³/mol. The van der Waals surface area contributed by atoms with Crippen LogP contribution in [0.1, 0.15) is 11.1 Å². The third kappa shape index (κ3) is 4.19. The number of benzene rings is 2. The summed E-state index contributed by atoms with van der Waals surface area (Å²) < 4.78 is 14.9. The van der Waals surface area contributed by atoms with Gasteiger partial charge in [0.25, 0.3) is 0 Å². The van der Waals surface area contributed by atoms with E-state index in [-0.39, 0.29) is 5.82 Å². The highest BCUT2D eigenvalue weighted by Crippen LogP contribution is 2.20. The third-order valence-corrected chi connectivity index (χ3v) is 4.43. The number of nitrogens with zero attached hydrogens (tertiary/aromatic N) is 3. The van der Waals surface area contributed by atoms with Crippen LogP contribution in [0.25, 0.3) is 11.3 Å². The Hall–Kier alpha value is -2.79. The van der Waals surface area contributed by atoms with Crippen LogP contribution in [0.3, 0.4) is 0 Å². The highest BCUT2D eigenvalue weighted by atomic mass is 32.1. The smallest absolute Gasteiger partial charge is 0.206 e. The lowest BCUT2D eigenvalue weighted by Crippen LogP contribution is -2.12. The summed E-state index contributed by atoms with van der Waals surface area (Å²) in [5.74, 6) is -0.262. The molecule has 0 unspecified atom stereocenters. The van der Waals surface area contributed by atoms with Gasteiger partial charge in [-0.2, -0.15) is 5.10 Å². The minimum absolute atomic E-state index is 0.262. The van der Waals surface area contributed by atoms with Crippen molar-refractivity contribution in [1.82, 2.24) is 4.68 Å². The van der Waals surface area contributed by atoms with E-state index in [2.05, 4.69) is 47.9 Å². The van der Waals surface area contributed by atoms with Gasteiger partial charge < -0.3 is 0 Å². The molecule has 1 heterocycles. The molecule has 3 nitrogen and oxygen atoms in total. The molecule has 0 aliphatic heterocycles. The summed E-state index contributed by atoms with van der Waals surface area (Å²) in [6, 6.07) is 14.5. The summed E-state index contributed by atoms with van der Waals surface area (Å²) in [5, 5.41) is 6.61. The molecule has 0 radical (unpaired) electrons. The maximum absolute atomic E-state index is 13.0. The summed E-state index contributed by atoms with van der Waals surface area (Å²) in [6.07, 6.45) is 3.45. The average Bonchev–Trinajstić information content (AvgIpc) is 3.03. The van der Waals surface area contributed by atoms with E-state index in [1.807, 2.05) is 10.1 Å². The summed E-state index contributed by atoms with van der Waals surface area (Å²) in [5.41, 5.74) is 4.06. The largest absolute Gasteiger partial charge is 0.253 e. The molecule has 5 heteroatoms. The van der Waals surface area contributed by atoms with Gasteiger partial charge in [0.05, 0.1) is 18.5 Å². The number of rotatable bonds is 5. The van der Waals surface area contributed by atoms with Crippen molar-refractivity contribution in [3.8, 4) is 11.3 Å². The van der Waals surface area contributed by atoms with Crippen LogP contribution < -0.4 is 4.80 Å². The lowest BCUT2D eigenvalue weighted by Gasteiger charge is -2.04. The van der Waals surface area contributed by atoms with Crippen molar-refractivity contribution in [3.63, 3.8) is 0 Å². The van der Waals surface area contributed by atoms with Crippen molar-refractivity contribution in [2.75, 3.05) is 6.54 Å².